The van der Waals surface area contributed by atoms with Crippen molar-refractivity contribution in [1.29, 1.82) is 0 Å². The number of fused-ring (bicyclic) bond motifs is 1. The average Bonchev–Trinajstić information content (AvgIpc) is 3.57. The predicted octanol–water partition coefficient (Wildman–Crippen LogP) is 8.09. The van der Waals surface area contributed by atoms with Gasteiger partial charge in [0.1, 0.15) is 23.0 Å². The molecule has 0 unspecified atom stereocenters. The van der Waals surface area contributed by atoms with Crippen molar-refractivity contribution in [3.05, 3.63) is 117 Å². The Morgan fingerprint density at radius 1 is 0.949 bits per heavy atom. The summed E-state index contributed by atoms with van der Waals surface area (Å²) in [5.74, 6) is 0.498. The van der Waals surface area contributed by atoms with Crippen molar-refractivity contribution in [3.63, 3.8) is 0 Å². The molecular weight excluding hydrogens is 534 g/mol. The van der Waals surface area contributed by atoms with Gasteiger partial charge < -0.3 is 19.2 Å². The zero-order chi connectivity index (χ0) is 27.6. The lowest BCUT2D eigenvalue weighted by Crippen LogP contribution is -2.18. The number of carbonyl (C=O) groups is 2. The number of carbonyl (C=O) groups excluding carboxylic acids is 2. The van der Waals surface area contributed by atoms with Crippen LogP contribution in [0.2, 0.25) is 5.02 Å². The minimum absolute atomic E-state index is 0.132. The third-order valence-corrected chi connectivity index (χ3v) is 8.23. The van der Waals surface area contributed by atoms with E-state index in [4.69, 9.17) is 25.5 Å². The van der Waals surface area contributed by atoms with Crippen LogP contribution in [0.3, 0.4) is 0 Å². The maximum atomic E-state index is 12.8. The fraction of sp³-hybridized carbons (Fsp3) is 0.161. The SMILES string of the molecule is COC(=O)c1sc2cc(NC(=O)c3ccc(COc4ccc(C(C)(C)c5ccccc5)cc4)o3)ccc2c1Cl. The van der Waals surface area contributed by atoms with Gasteiger partial charge in [-0.1, -0.05) is 67.9 Å². The van der Waals surface area contributed by atoms with Gasteiger partial charge in [0.05, 0.1) is 12.1 Å². The molecule has 3 aromatic carbocycles. The first kappa shape index (κ1) is 26.5. The number of anilines is 1. The highest BCUT2D eigenvalue weighted by molar-refractivity contribution is 7.21. The van der Waals surface area contributed by atoms with Crippen LogP contribution in [0, 0.1) is 0 Å². The maximum absolute atomic E-state index is 12.8. The van der Waals surface area contributed by atoms with Crippen LogP contribution in [-0.2, 0) is 16.8 Å². The Bertz CT molecular complexity index is 1640. The molecule has 2 aromatic heterocycles. The Kier molecular flexibility index (Phi) is 7.46. The third-order valence-electron chi connectivity index (χ3n) is 6.60. The number of benzene rings is 3. The maximum Gasteiger partial charge on any atom is 0.349 e. The molecule has 2 heterocycles. The number of amides is 1. The number of halogens is 1. The van der Waals surface area contributed by atoms with Crippen molar-refractivity contribution in [3.8, 4) is 5.75 Å². The van der Waals surface area contributed by atoms with Gasteiger partial charge in [0.25, 0.3) is 5.91 Å². The first-order valence-electron chi connectivity index (χ1n) is 12.3. The summed E-state index contributed by atoms with van der Waals surface area (Å²) in [6, 6.07) is 26.9. The molecule has 0 fully saturated rings. The topological polar surface area (TPSA) is 77.8 Å². The quantitative estimate of drug-likeness (QED) is 0.194. The number of nitrogens with one attached hydrogen (secondary N) is 1. The second kappa shape index (κ2) is 11.0. The minimum Gasteiger partial charge on any atom is -0.486 e. The van der Waals surface area contributed by atoms with Crippen LogP contribution < -0.4 is 10.1 Å². The number of hydrogen-bond acceptors (Lipinski definition) is 6. The molecule has 0 aliphatic rings. The number of methoxy groups -OCH3 is 1. The zero-order valence-corrected chi connectivity index (χ0v) is 23.2. The van der Waals surface area contributed by atoms with Crippen molar-refractivity contribution >= 4 is 50.6 Å². The van der Waals surface area contributed by atoms with Gasteiger partial charge in [0.15, 0.2) is 5.76 Å². The van der Waals surface area contributed by atoms with E-state index in [2.05, 4.69) is 43.4 Å². The fourth-order valence-electron chi connectivity index (χ4n) is 4.28. The highest BCUT2D eigenvalue weighted by Gasteiger charge is 2.23. The number of thiophene rings is 1. The largest absolute Gasteiger partial charge is 0.486 e. The molecule has 0 atom stereocenters. The first-order valence-corrected chi connectivity index (χ1v) is 13.4. The molecule has 6 nitrogen and oxygen atoms in total. The van der Waals surface area contributed by atoms with Crippen LogP contribution in [-0.4, -0.2) is 19.0 Å². The molecule has 0 radical (unpaired) electrons. The van der Waals surface area contributed by atoms with Crippen molar-refractivity contribution < 1.29 is 23.5 Å². The van der Waals surface area contributed by atoms with Gasteiger partial charge in [-0.25, -0.2) is 4.79 Å². The summed E-state index contributed by atoms with van der Waals surface area (Å²) in [4.78, 5) is 25.0. The van der Waals surface area contributed by atoms with Crippen molar-refractivity contribution in [2.45, 2.75) is 25.9 Å². The highest BCUT2D eigenvalue weighted by atomic mass is 35.5. The van der Waals surface area contributed by atoms with Crippen LogP contribution in [0.1, 0.15) is 51.0 Å². The number of rotatable bonds is 8. The monoisotopic (exact) mass is 559 g/mol. The summed E-state index contributed by atoms with van der Waals surface area (Å²) >= 11 is 7.52. The summed E-state index contributed by atoms with van der Waals surface area (Å²) in [5.41, 5.74) is 2.84. The van der Waals surface area contributed by atoms with E-state index in [9.17, 15) is 9.59 Å². The third kappa shape index (κ3) is 5.55. The summed E-state index contributed by atoms with van der Waals surface area (Å²) < 4.78 is 17.1. The lowest BCUT2D eigenvalue weighted by molar-refractivity contribution is 0.0606. The van der Waals surface area contributed by atoms with Crippen molar-refractivity contribution in [2.75, 3.05) is 12.4 Å². The highest BCUT2D eigenvalue weighted by Crippen LogP contribution is 2.37. The molecule has 0 aliphatic carbocycles. The van der Waals surface area contributed by atoms with Crippen molar-refractivity contribution in [2.24, 2.45) is 0 Å². The standard InChI is InChI=1S/C31H26ClNO5S/c1-31(2,19-7-5-4-6-8-19)20-9-12-22(13-10-20)37-18-23-14-16-25(38-23)29(34)33-21-11-15-24-26(17-21)39-28(27(24)32)30(35)36-3/h4-17H,18H2,1-3H3,(H,33,34). The molecule has 0 aliphatic heterocycles. The molecular formula is C31H26ClNO5S. The molecule has 5 rings (SSSR count). The van der Waals surface area contributed by atoms with E-state index >= 15 is 0 Å². The van der Waals surface area contributed by atoms with Crippen LogP contribution in [0.15, 0.2) is 89.3 Å². The molecule has 0 spiro atoms. The molecule has 0 saturated heterocycles. The molecule has 198 valence electrons. The van der Waals surface area contributed by atoms with Crippen LogP contribution in [0.4, 0.5) is 5.69 Å². The number of ether oxygens (including phenoxy) is 2. The summed E-state index contributed by atoms with van der Waals surface area (Å²) in [5, 5.41) is 3.87. The molecule has 1 N–H and O–H groups in total. The normalized spacial score (nSPS) is 11.4. The lowest BCUT2D eigenvalue weighted by atomic mass is 9.78. The fourth-order valence-corrected chi connectivity index (χ4v) is 5.75. The first-order chi connectivity index (χ1) is 18.8. The summed E-state index contributed by atoms with van der Waals surface area (Å²) in [6.45, 7) is 4.58. The molecule has 0 bridgehead atoms. The molecule has 5 aromatic rings. The summed E-state index contributed by atoms with van der Waals surface area (Å²) in [7, 11) is 1.31. The molecule has 8 heteroatoms. The van der Waals surface area contributed by atoms with Gasteiger partial charge in [0, 0.05) is 21.2 Å². The minimum atomic E-state index is -0.496. The van der Waals surface area contributed by atoms with E-state index < -0.39 is 11.9 Å². The Morgan fingerprint density at radius 2 is 1.67 bits per heavy atom. The molecule has 0 saturated carbocycles. The van der Waals surface area contributed by atoms with Crippen LogP contribution >= 0.6 is 22.9 Å². The number of esters is 1. The summed E-state index contributed by atoms with van der Waals surface area (Å²) in [6.07, 6.45) is 0. The Labute approximate surface area is 235 Å². The van der Waals surface area contributed by atoms with Crippen LogP contribution in [0.5, 0.6) is 5.75 Å². The Morgan fingerprint density at radius 3 is 2.38 bits per heavy atom. The van der Waals surface area contributed by atoms with Gasteiger partial charge in [-0.2, -0.15) is 0 Å². The number of hydrogen-bond donors (Lipinski definition) is 1. The second-order valence-electron chi connectivity index (χ2n) is 9.47. The average molecular weight is 560 g/mol. The zero-order valence-electron chi connectivity index (χ0n) is 21.6. The van der Waals surface area contributed by atoms with Gasteiger partial charge in [-0.15, -0.1) is 11.3 Å². The van der Waals surface area contributed by atoms with E-state index in [-0.39, 0.29) is 17.8 Å². The smallest absolute Gasteiger partial charge is 0.349 e. The number of furan rings is 1. The Balaban J connectivity index is 1.21. The van der Waals surface area contributed by atoms with Gasteiger partial charge in [0.2, 0.25) is 0 Å². The van der Waals surface area contributed by atoms with Gasteiger partial charge >= 0.3 is 5.97 Å². The van der Waals surface area contributed by atoms with Gasteiger partial charge in [-0.05, 0) is 53.6 Å². The van der Waals surface area contributed by atoms with Crippen LogP contribution in [0.25, 0.3) is 10.1 Å². The second-order valence-corrected chi connectivity index (χ2v) is 10.9. The van der Waals surface area contributed by atoms with E-state index in [1.54, 1.807) is 30.3 Å². The Hall–Kier alpha value is -4.07. The lowest BCUT2D eigenvalue weighted by Gasteiger charge is -2.26. The van der Waals surface area contributed by atoms with E-state index in [0.29, 0.717) is 32.5 Å². The van der Waals surface area contributed by atoms with Gasteiger partial charge in [-0.3, -0.25) is 4.79 Å². The van der Waals surface area contributed by atoms with E-state index in [0.717, 1.165) is 4.70 Å². The molecule has 39 heavy (non-hydrogen) atoms. The predicted molar refractivity (Wildman–Crippen MR) is 154 cm³/mol. The molecule has 1 amide bonds. The van der Waals surface area contributed by atoms with E-state index in [1.165, 1.54) is 29.6 Å². The van der Waals surface area contributed by atoms with Crippen molar-refractivity contribution in [1.82, 2.24) is 0 Å². The van der Waals surface area contributed by atoms with E-state index in [1.807, 2.05) is 30.3 Å².